The molecule has 1 aromatic carbocycles. The van der Waals surface area contributed by atoms with Crippen molar-refractivity contribution in [3.8, 4) is 0 Å². The summed E-state index contributed by atoms with van der Waals surface area (Å²) in [6.07, 6.45) is 4.39. The third-order valence-corrected chi connectivity index (χ3v) is 7.32. The van der Waals surface area contributed by atoms with Crippen LogP contribution in [0.15, 0.2) is 34.6 Å². The first-order chi connectivity index (χ1) is 15.1. The minimum absolute atomic E-state index is 0.104. The lowest BCUT2D eigenvalue weighted by molar-refractivity contribution is 0.176. The van der Waals surface area contributed by atoms with Crippen LogP contribution in [0.3, 0.4) is 0 Å². The van der Waals surface area contributed by atoms with E-state index in [2.05, 4.69) is 39.7 Å². The Morgan fingerprint density at radius 2 is 2.03 bits per heavy atom. The number of nitrogens with one attached hydrogen (secondary N) is 2. The molecule has 7 heteroatoms. The molecule has 4 rings (SSSR count). The molecule has 0 radical (unpaired) electrons. The van der Waals surface area contributed by atoms with Gasteiger partial charge in [0.25, 0.3) is 0 Å². The van der Waals surface area contributed by atoms with Crippen LogP contribution in [0.2, 0.25) is 0 Å². The average Bonchev–Trinajstić information content (AvgIpc) is 3.45. The van der Waals surface area contributed by atoms with Gasteiger partial charge in [-0.2, -0.15) is 0 Å². The number of likely N-dealkylation sites (tertiary alicyclic amines) is 1. The Morgan fingerprint density at radius 1 is 1.26 bits per heavy atom. The van der Waals surface area contributed by atoms with Crippen LogP contribution in [0.25, 0.3) is 0 Å². The van der Waals surface area contributed by atoms with Crippen LogP contribution < -0.4 is 10.6 Å². The van der Waals surface area contributed by atoms with Gasteiger partial charge in [0.05, 0.1) is 17.2 Å². The van der Waals surface area contributed by atoms with Crippen molar-refractivity contribution in [2.24, 2.45) is 10.9 Å². The van der Waals surface area contributed by atoms with Crippen molar-refractivity contribution in [2.45, 2.75) is 51.5 Å². The average molecular weight is 444 g/mol. The van der Waals surface area contributed by atoms with Crippen molar-refractivity contribution in [3.63, 3.8) is 0 Å². The predicted octanol–water partition coefficient (Wildman–Crippen LogP) is 4.09. The van der Waals surface area contributed by atoms with E-state index in [-0.39, 0.29) is 11.2 Å². The van der Waals surface area contributed by atoms with Gasteiger partial charge in [-0.1, -0.05) is 18.2 Å². The summed E-state index contributed by atoms with van der Waals surface area (Å²) in [4.78, 5) is 11.9. The van der Waals surface area contributed by atoms with E-state index in [4.69, 9.17) is 4.99 Å². The summed E-state index contributed by atoms with van der Waals surface area (Å²) in [6.45, 7) is 9.74. The molecule has 1 aliphatic heterocycles. The molecule has 2 aliphatic rings. The number of hydrogen-bond acceptors (Lipinski definition) is 4. The summed E-state index contributed by atoms with van der Waals surface area (Å²) in [5, 5.41) is 10.2. The second-order valence-electron chi connectivity index (χ2n) is 8.91. The Bertz CT molecular complexity index is 884. The third-order valence-electron chi connectivity index (χ3n) is 6.50. The molecule has 31 heavy (non-hydrogen) atoms. The van der Waals surface area contributed by atoms with Gasteiger partial charge >= 0.3 is 0 Å². The molecule has 1 saturated carbocycles. The summed E-state index contributed by atoms with van der Waals surface area (Å²) in [5.74, 6) is 1.40. The van der Waals surface area contributed by atoms with Crippen LogP contribution in [0.5, 0.6) is 0 Å². The maximum Gasteiger partial charge on any atom is 0.191 e. The van der Waals surface area contributed by atoms with Crippen LogP contribution in [0, 0.1) is 18.7 Å². The number of guanidine groups is 1. The lowest BCUT2D eigenvalue weighted by atomic mass is 9.95. The Balaban J connectivity index is 1.26. The highest BCUT2D eigenvalue weighted by Crippen LogP contribution is 2.49. The van der Waals surface area contributed by atoms with Crippen molar-refractivity contribution in [2.75, 3.05) is 32.7 Å². The summed E-state index contributed by atoms with van der Waals surface area (Å²) in [7, 11) is 0. The number of aliphatic imine (C=N–C) groups is 1. The van der Waals surface area contributed by atoms with Gasteiger partial charge < -0.3 is 10.6 Å². The normalized spacial score (nSPS) is 19.4. The van der Waals surface area contributed by atoms with Gasteiger partial charge in [0.15, 0.2) is 5.96 Å². The predicted molar refractivity (Wildman–Crippen MR) is 126 cm³/mol. The van der Waals surface area contributed by atoms with Crippen molar-refractivity contribution in [3.05, 3.63) is 51.7 Å². The first-order valence-electron chi connectivity index (χ1n) is 11.5. The maximum atomic E-state index is 14.3. The van der Waals surface area contributed by atoms with E-state index in [1.54, 1.807) is 23.5 Å². The third kappa shape index (κ3) is 5.83. The van der Waals surface area contributed by atoms with Crippen LogP contribution in [0.4, 0.5) is 4.39 Å². The number of thiazole rings is 1. The van der Waals surface area contributed by atoms with Gasteiger partial charge in [0.1, 0.15) is 5.82 Å². The Kier molecular flexibility index (Phi) is 7.23. The lowest BCUT2D eigenvalue weighted by Gasteiger charge is -2.31. The molecule has 5 nitrogen and oxygen atoms in total. The van der Waals surface area contributed by atoms with Gasteiger partial charge in [-0.05, 0) is 70.2 Å². The van der Waals surface area contributed by atoms with E-state index in [1.165, 1.54) is 18.5 Å². The molecule has 0 bridgehead atoms. The van der Waals surface area contributed by atoms with Gasteiger partial charge in [0, 0.05) is 30.4 Å². The first-order valence-corrected chi connectivity index (χ1v) is 12.4. The zero-order valence-corrected chi connectivity index (χ0v) is 19.5. The molecular formula is C24H34FN5S. The molecule has 0 atom stereocenters. The van der Waals surface area contributed by atoms with Crippen molar-refractivity contribution in [1.29, 1.82) is 0 Å². The first kappa shape index (κ1) is 22.2. The number of benzene rings is 1. The molecule has 168 valence electrons. The van der Waals surface area contributed by atoms with Gasteiger partial charge in [-0.3, -0.25) is 9.89 Å². The molecule has 1 aliphatic carbocycles. The Morgan fingerprint density at radius 3 is 2.68 bits per heavy atom. The van der Waals surface area contributed by atoms with E-state index in [0.717, 1.165) is 62.1 Å². The number of aryl methyl sites for hydroxylation is 1. The number of rotatable bonds is 8. The molecule has 2 heterocycles. The molecule has 0 unspecified atom stereocenters. The van der Waals surface area contributed by atoms with Gasteiger partial charge in [-0.15, -0.1) is 11.3 Å². The lowest BCUT2D eigenvalue weighted by Crippen LogP contribution is -2.43. The highest BCUT2D eigenvalue weighted by atomic mass is 32.1. The second-order valence-corrected chi connectivity index (χ2v) is 9.98. The summed E-state index contributed by atoms with van der Waals surface area (Å²) >= 11 is 1.73. The molecule has 1 saturated heterocycles. The molecule has 2 fully saturated rings. The molecule has 2 N–H and O–H groups in total. The van der Waals surface area contributed by atoms with Crippen molar-refractivity contribution < 1.29 is 4.39 Å². The molecule has 1 aromatic heterocycles. The Hall–Kier alpha value is -1.99. The number of aromatic nitrogens is 1. The van der Waals surface area contributed by atoms with E-state index in [1.807, 2.05) is 12.1 Å². The van der Waals surface area contributed by atoms with E-state index < -0.39 is 0 Å². The molecule has 0 spiro atoms. The largest absolute Gasteiger partial charge is 0.357 e. The fourth-order valence-electron chi connectivity index (χ4n) is 4.43. The monoisotopic (exact) mass is 443 g/mol. The minimum Gasteiger partial charge on any atom is -0.357 e. The molecular weight excluding hydrogens is 409 g/mol. The maximum absolute atomic E-state index is 14.3. The number of piperidine rings is 1. The molecule has 0 amide bonds. The fraction of sp³-hybridized carbons (Fsp3) is 0.583. The fourth-order valence-corrected chi connectivity index (χ4v) is 5.03. The highest BCUT2D eigenvalue weighted by Gasteiger charge is 2.45. The zero-order chi connectivity index (χ0) is 21.7. The number of nitrogens with zero attached hydrogens (tertiary/aromatic N) is 3. The topological polar surface area (TPSA) is 52.6 Å². The van der Waals surface area contributed by atoms with Crippen molar-refractivity contribution >= 4 is 17.3 Å². The quantitative estimate of drug-likeness (QED) is 0.477. The summed E-state index contributed by atoms with van der Waals surface area (Å²) in [6, 6.07) is 7.16. The van der Waals surface area contributed by atoms with Crippen LogP contribution in [-0.2, 0) is 12.0 Å². The highest BCUT2D eigenvalue weighted by molar-refractivity contribution is 7.09. The summed E-state index contributed by atoms with van der Waals surface area (Å²) < 4.78 is 14.3. The standard InChI is InChI=1S/C24H34FN5S/c1-3-26-23(28-17-24(10-11-24)21-6-4-5-7-22(21)25)27-14-19-8-12-30(13-9-19)15-20-16-31-18(2)29-20/h4-7,16,19H,3,8-15,17H2,1-2H3,(H2,26,27,28). The molecule has 2 aromatic rings. The summed E-state index contributed by atoms with van der Waals surface area (Å²) in [5.41, 5.74) is 1.90. The van der Waals surface area contributed by atoms with Crippen molar-refractivity contribution in [1.82, 2.24) is 20.5 Å². The minimum atomic E-state index is -0.118. The van der Waals surface area contributed by atoms with E-state index >= 15 is 0 Å². The van der Waals surface area contributed by atoms with Crippen LogP contribution in [-0.4, -0.2) is 48.6 Å². The number of hydrogen-bond donors (Lipinski definition) is 2. The van der Waals surface area contributed by atoms with Crippen LogP contribution >= 0.6 is 11.3 Å². The van der Waals surface area contributed by atoms with Crippen LogP contribution in [0.1, 0.15) is 48.9 Å². The van der Waals surface area contributed by atoms with E-state index in [9.17, 15) is 4.39 Å². The number of halogens is 1. The van der Waals surface area contributed by atoms with Gasteiger partial charge in [0.2, 0.25) is 0 Å². The van der Waals surface area contributed by atoms with Gasteiger partial charge in [-0.25, -0.2) is 9.37 Å². The Labute approximate surface area is 189 Å². The van der Waals surface area contributed by atoms with E-state index in [0.29, 0.717) is 12.5 Å². The smallest absolute Gasteiger partial charge is 0.191 e. The second kappa shape index (κ2) is 10.1. The zero-order valence-electron chi connectivity index (χ0n) is 18.7. The SMILES string of the molecule is CCNC(=NCC1(c2ccccc2F)CC1)NCC1CCN(Cc2csc(C)n2)CC1.